The molecule has 3 N–H and O–H groups in total. The van der Waals surface area contributed by atoms with E-state index in [4.69, 9.17) is 5.73 Å². The molecule has 1 aromatic rings. The molecule has 1 atom stereocenters. The number of nitrogens with one attached hydrogen (secondary N) is 1. The number of para-hydroxylation sites is 1. The lowest BCUT2D eigenvalue weighted by Gasteiger charge is -2.24. The molecule has 0 fully saturated rings. The van der Waals surface area contributed by atoms with Crippen LogP contribution < -0.4 is 11.1 Å². The maximum atomic E-state index is 12.1. The first-order valence-electron chi connectivity index (χ1n) is 7.66. The quantitative estimate of drug-likeness (QED) is 0.697. The van der Waals surface area contributed by atoms with Crippen molar-refractivity contribution in [2.75, 3.05) is 26.4 Å². The SMILES string of the molecule is CC(C)CC(CN(C)C)NC(=O)CCc1ccccc1N.Cl.Cl. The van der Waals surface area contributed by atoms with Crippen molar-refractivity contribution in [2.45, 2.75) is 39.2 Å². The summed E-state index contributed by atoms with van der Waals surface area (Å²) in [6.45, 7) is 5.23. The fraction of sp³-hybridized carbons (Fsp3) is 0.588. The van der Waals surface area contributed by atoms with Crippen molar-refractivity contribution < 1.29 is 4.79 Å². The van der Waals surface area contributed by atoms with E-state index in [0.29, 0.717) is 18.8 Å². The molecule has 1 aromatic carbocycles. The van der Waals surface area contributed by atoms with E-state index < -0.39 is 0 Å². The van der Waals surface area contributed by atoms with Gasteiger partial charge in [0.15, 0.2) is 0 Å². The molecule has 0 saturated carbocycles. The molecule has 6 heteroatoms. The van der Waals surface area contributed by atoms with Crippen molar-refractivity contribution in [3.63, 3.8) is 0 Å². The van der Waals surface area contributed by atoms with Crippen LogP contribution in [0, 0.1) is 5.92 Å². The number of hydrogen-bond donors (Lipinski definition) is 2. The summed E-state index contributed by atoms with van der Waals surface area (Å²) in [6.07, 6.45) is 2.17. The molecule has 0 aliphatic carbocycles. The van der Waals surface area contributed by atoms with Crippen LogP contribution in [-0.2, 0) is 11.2 Å². The minimum atomic E-state index is 0. The van der Waals surface area contributed by atoms with Gasteiger partial charge in [-0.3, -0.25) is 4.79 Å². The molecule has 1 unspecified atom stereocenters. The van der Waals surface area contributed by atoms with Crippen LogP contribution in [0.25, 0.3) is 0 Å². The maximum absolute atomic E-state index is 12.1. The Morgan fingerprint density at radius 2 is 1.83 bits per heavy atom. The summed E-state index contributed by atoms with van der Waals surface area (Å²) >= 11 is 0. The summed E-state index contributed by atoms with van der Waals surface area (Å²) in [4.78, 5) is 14.2. The van der Waals surface area contributed by atoms with E-state index in [1.807, 2.05) is 38.4 Å². The number of nitrogen functional groups attached to an aromatic ring is 1. The Balaban J connectivity index is 0. The fourth-order valence-corrected chi connectivity index (χ4v) is 2.50. The highest BCUT2D eigenvalue weighted by Gasteiger charge is 2.15. The molecule has 134 valence electrons. The molecule has 0 radical (unpaired) electrons. The number of hydrogen-bond acceptors (Lipinski definition) is 3. The second-order valence-corrected chi connectivity index (χ2v) is 6.36. The highest BCUT2D eigenvalue weighted by molar-refractivity contribution is 5.85. The number of aryl methyl sites for hydroxylation is 1. The van der Waals surface area contributed by atoms with Crippen LogP contribution in [-0.4, -0.2) is 37.5 Å². The van der Waals surface area contributed by atoms with Gasteiger partial charge in [-0.25, -0.2) is 0 Å². The van der Waals surface area contributed by atoms with Gasteiger partial charge in [0.05, 0.1) is 0 Å². The first kappa shape index (κ1) is 24.3. The first-order valence-corrected chi connectivity index (χ1v) is 7.66. The number of anilines is 1. The van der Waals surface area contributed by atoms with E-state index in [2.05, 4.69) is 24.1 Å². The second kappa shape index (κ2) is 12.5. The van der Waals surface area contributed by atoms with Crippen molar-refractivity contribution in [1.29, 1.82) is 0 Å². The second-order valence-electron chi connectivity index (χ2n) is 6.36. The summed E-state index contributed by atoms with van der Waals surface area (Å²) < 4.78 is 0. The van der Waals surface area contributed by atoms with E-state index in [0.717, 1.165) is 24.2 Å². The van der Waals surface area contributed by atoms with Crippen LogP contribution in [0.5, 0.6) is 0 Å². The van der Waals surface area contributed by atoms with E-state index in [-0.39, 0.29) is 36.8 Å². The summed E-state index contributed by atoms with van der Waals surface area (Å²) in [5, 5.41) is 3.15. The lowest BCUT2D eigenvalue weighted by molar-refractivity contribution is -0.121. The van der Waals surface area contributed by atoms with Crippen LogP contribution in [0.3, 0.4) is 0 Å². The molecule has 0 heterocycles. The number of nitrogens with zero attached hydrogens (tertiary/aromatic N) is 1. The minimum absolute atomic E-state index is 0. The van der Waals surface area contributed by atoms with Crippen molar-refractivity contribution in [3.05, 3.63) is 29.8 Å². The van der Waals surface area contributed by atoms with Gasteiger partial charge < -0.3 is 16.0 Å². The average molecular weight is 364 g/mol. The van der Waals surface area contributed by atoms with Crippen LogP contribution in [0.2, 0.25) is 0 Å². The number of benzene rings is 1. The predicted octanol–water partition coefficient (Wildman–Crippen LogP) is 3.14. The van der Waals surface area contributed by atoms with Gasteiger partial charge >= 0.3 is 0 Å². The first-order chi connectivity index (χ1) is 9.88. The minimum Gasteiger partial charge on any atom is -0.399 e. The van der Waals surface area contributed by atoms with Gasteiger partial charge in [0, 0.05) is 24.7 Å². The number of likely N-dealkylation sites (N-methyl/N-ethyl adjacent to an activating group) is 1. The van der Waals surface area contributed by atoms with Gasteiger partial charge in [-0.05, 0) is 44.5 Å². The summed E-state index contributed by atoms with van der Waals surface area (Å²) in [6, 6.07) is 7.93. The molecule has 1 rings (SSSR count). The van der Waals surface area contributed by atoms with Crippen LogP contribution in [0.15, 0.2) is 24.3 Å². The number of halogens is 2. The van der Waals surface area contributed by atoms with Crippen LogP contribution in [0.4, 0.5) is 5.69 Å². The fourth-order valence-electron chi connectivity index (χ4n) is 2.50. The molecule has 0 bridgehead atoms. The average Bonchev–Trinajstić information content (AvgIpc) is 2.36. The highest BCUT2D eigenvalue weighted by atomic mass is 35.5. The van der Waals surface area contributed by atoms with Gasteiger partial charge in [0.2, 0.25) is 5.91 Å². The molecule has 0 aromatic heterocycles. The monoisotopic (exact) mass is 363 g/mol. The Morgan fingerprint density at radius 1 is 1.22 bits per heavy atom. The molecule has 4 nitrogen and oxygen atoms in total. The lowest BCUT2D eigenvalue weighted by Crippen LogP contribution is -2.42. The topological polar surface area (TPSA) is 58.4 Å². The molecule has 23 heavy (non-hydrogen) atoms. The Labute approximate surface area is 153 Å². The zero-order chi connectivity index (χ0) is 15.8. The zero-order valence-electron chi connectivity index (χ0n) is 14.5. The van der Waals surface area contributed by atoms with Crippen LogP contribution in [0.1, 0.15) is 32.3 Å². The van der Waals surface area contributed by atoms with Crippen molar-refractivity contribution in [3.8, 4) is 0 Å². The Kier molecular flexibility index (Phi) is 13.1. The summed E-state index contributed by atoms with van der Waals surface area (Å²) in [5.74, 6) is 0.672. The summed E-state index contributed by atoms with van der Waals surface area (Å²) in [5.41, 5.74) is 7.71. The number of carbonyl (C=O) groups excluding carboxylic acids is 1. The third-order valence-corrected chi connectivity index (χ3v) is 3.38. The third kappa shape index (κ3) is 10.4. The Hall–Kier alpha value is -0.970. The van der Waals surface area contributed by atoms with Crippen molar-refractivity contribution in [1.82, 2.24) is 10.2 Å². The molecule has 0 aliphatic rings. The predicted molar refractivity (Wildman–Crippen MR) is 104 cm³/mol. The van der Waals surface area contributed by atoms with E-state index in [9.17, 15) is 4.79 Å². The van der Waals surface area contributed by atoms with Crippen molar-refractivity contribution in [2.24, 2.45) is 5.92 Å². The molecule has 0 saturated heterocycles. The van der Waals surface area contributed by atoms with Gasteiger partial charge in [-0.1, -0.05) is 32.0 Å². The van der Waals surface area contributed by atoms with Crippen LogP contribution >= 0.6 is 24.8 Å². The molecule has 0 aliphatic heterocycles. The smallest absolute Gasteiger partial charge is 0.220 e. The van der Waals surface area contributed by atoms with Crippen molar-refractivity contribution >= 4 is 36.4 Å². The number of amides is 1. The molecular weight excluding hydrogens is 333 g/mol. The number of rotatable bonds is 8. The molecule has 0 spiro atoms. The van der Waals surface area contributed by atoms with E-state index >= 15 is 0 Å². The number of nitrogens with two attached hydrogens (primary N) is 1. The Morgan fingerprint density at radius 3 is 2.35 bits per heavy atom. The molecular formula is C17H31Cl2N3O. The summed E-state index contributed by atoms with van der Waals surface area (Å²) in [7, 11) is 4.06. The number of carbonyl (C=O) groups is 1. The normalized spacial score (nSPS) is 11.6. The lowest BCUT2D eigenvalue weighted by atomic mass is 10.0. The van der Waals surface area contributed by atoms with Gasteiger partial charge in [0.1, 0.15) is 0 Å². The third-order valence-electron chi connectivity index (χ3n) is 3.38. The maximum Gasteiger partial charge on any atom is 0.220 e. The van der Waals surface area contributed by atoms with Gasteiger partial charge in [0.25, 0.3) is 0 Å². The van der Waals surface area contributed by atoms with E-state index in [1.54, 1.807) is 0 Å². The van der Waals surface area contributed by atoms with Gasteiger partial charge in [-0.2, -0.15) is 0 Å². The zero-order valence-corrected chi connectivity index (χ0v) is 16.2. The highest BCUT2D eigenvalue weighted by Crippen LogP contribution is 2.13. The van der Waals surface area contributed by atoms with E-state index in [1.165, 1.54) is 0 Å². The molecule has 1 amide bonds. The standard InChI is InChI=1S/C17H29N3O.2ClH/c1-13(2)11-15(12-20(3)4)19-17(21)10-9-14-7-5-6-8-16(14)18;;/h5-8,13,15H,9-12,18H2,1-4H3,(H,19,21);2*1H. The largest absolute Gasteiger partial charge is 0.399 e. The Bertz CT molecular complexity index is 443. The van der Waals surface area contributed by atoms with Gasteiger partial charge in [-0.15, -0.1) is 24.8 Å².